The molecule has 1 aliphatic heterocycles. The van der Waals surface area contributed by atoms with Gasteiger partial charge in [0.25, 0.3) is 0 Å². The minimum atomic E-state index is -0.396. The largest absolute Gasteiger partial charge is 0.398 e. The van der Waals surface area contributed by atoms with E-state index in [2.05, 4.69) is 10.2 Å². The fourth-order valence-electron chi connectivity index (χ4n) is 2.08. The zero-order valence-electron chi connectivity index (χ0n) is 10.8. The number of anilines is 1. The summed E-state index contributed by atoms with van der Waals surface area (Å²) in [4.78, 5) is 3.07. The van der Waals surface area contributed by atoms with Gasteiger partial charge >= 0.3 is 0 Å². The van der Waals surface area contributed by atoms with Crippen molar-refractivity contribution in [2.45, 2.75) is 11.0 Å². The van der Waals surface area contributed by atoms with E-state index in [0.717, 1.165) is 31.1 Å². The predicted molar refractivity (Wildman–Crippen MR) is 76.9 cm³/mol. The quantitative estimate of drug-likeness (QED) is 0.551. The second-order valence-corrected chi connectivity index (χ2v) is 5.76. The highest BCUT2D eigenvalue weighted by molar-refractivity contribution is 7.99. The maximum absolute atomic E-state index is 12.9. The number of nitrogens with zero attached hydrogens (tertiary/aromatic N) is 1. The molecule has 0 spiro atoms. The van der Waals surface area contributed by atoms with Gasteiger partial charge in [0.1, 0.15) is 5.82 Å². The van der Waals surface area contributed by atoms with Crippen LogP contribution in [0.4, 0.5) is 10.1 Å². The van der Waals surface area contributed by atoms with Crippen LogP contribution in [0.5, 0.6) is 0 Å². The van der Waals surface area contributed by atoms with Gasteiger partial charge in [0.05, 0.1) is 6.10 Å². The number of rotatable bonds is 5. The molecule has 1 aromatic carbocycles. The summed E-state index contributed by atoms with van der Waals surface area (Å²) >= 11 is 1.47. The third-order valence-corrected chi connectivity index (χ3v) is 4.32. The van der Waals surface area contributed by atoms with Gasteiger partial charge in [-0.1, -0.05) is 0 Å². The van der Waals surface area contributed by atoms with E-state index in [1.54, 1.807) is 6.07 Å². The lowest BCUT2D eigenvalue weighted by Crippen LogP contribution is -2.46. The third kappa shape index (κ3) is 4.65. The van der Waals surface area contributed by atoms with E-state index in [1.165, 1.54) is 23.9 Å². The second-order valence-electron chi connectivity index (χ2n) is 4.70. The first-order valence-corrected chi connectivity index (χ1v) is 7.42. The van der Waals surface area contributed by atoms with E-state index in [9.17, 15) is 9.50 Å². The van der Waals surface area contributed by atoms with Crippen molar-refractivity contribution in [2.24, 2.45) is 0 Å². The topological polar surface area (TPSA) is 61.5 Å². The molecule has 1 heterocycles. The fraction of sp³-hybridized carbons (Fsp3) is 0.538. The van der Waals surface area contributed by atoms with E-state index in [-0.39, 0.29) is 5.82 Å². The number of piperazine rings is 1. The molecule has 0 aromatic heterocycles. The molecule has 1 unspecified atom stereocenters. The summed E-state index contributed by atoms with van der Waals surface area (Å²) in [5.41, 5.74) is 6.16. The van der Waals surface area contributed by atoms with Crippen LogP contribution in [0, 0.1) is 5.82 Å². The minimum Gasteiger partial charge on any atom is -0.398 e. The second kappa shape index (κ2) is 7.09. The number of hydrogen-bond acceptors (Lipinski definition) is 5. The Kier molecular flexibility index (Phi) is 5.45. The molecule has 4 N–H and O–H groups in total. The van der Waals surface area contributed by atoms with Crippen LogP contribution in [0.1, 0.15) is 0 Å². The van der Waals surface area contributed by atoms with Crippen LogP contribution < -0.4 is 11.1 Å². The summed E-state index contributed by atoms with van der Waals surface area (Å²) in [6, 6.07) is 4.36. The zero-order valence-corrected chi connectivity index (χ0v) is 11.6. The molecule has 0 radical (unpaired) electrons. The van der Waals surface area contributed by atoms with Crippen LogP contribution >= 0.6 is 11.8 Å². The highest BCUT2D eigenvalue weighted by Crippen LogP contribution is 2.26. The number of β-amino-alcohol motifs (C(OH)–C–C–N with tert-alkyl or cyclic N) is 1. The first-order chi connectivity index (χ1) is 9.15. The van der Waals surface area contributed by atoms with E-state index >= 15 is 0 Å². The van der Waals surface area contributed by atoms with Crippen molar-refractivity contribution in [1.29, 1.82) is 0 Å². The molecule has 1 aromatic rings. The molecule has 0 amide bonds. The number of nitrogen functional groups attached to an aromatic ring is 1. The SMILES string of the molecule is Nc1cc(F)ccc1SCC(O)CN1CCNCC1. The highest BCUT2D eigenvalue weighted by atomic mass is 32.2. The normalized spacial score (nSPS) is 18.4. The molecule has 1 saturated heterocycles. The van der Waals surface area contributed by atoms with E-state index in [0.29, 0.717) is 18.0 Å². The number of aliphatic hydroxyl groups is 1. The number of thioether (sulfide) groups is 1. The molecule has 19 heavy (non-hydrogen) atoms. The van der Waals surface area contributed by atoms with Crippen LogP contribution in [-0.2, 0) is 0 Å². The Labute approximate surface area is 117 Å². The first kappa shape index (κ1) is 14.6. The van der Waals surface area contributed by atoms with Gasteiger partial charge in [0.2, 0.25) is 0 Å². The van der Waals surface area contributed by atoms with Crippen LogP contribution in [0.2, 0.25) is 0 Å². The Morgan fingerprint density at radius 2 is 2.16 bits per heavy atom. The maximum Gasteiger partial charge on any atom is 0.125 e. The Bertz CT molecular complexity index is 413. The lowest BCUT2D eigenvalue weighted by Gasteiger charge is -2.29. The van der Waals surface area contributed by atoms with Crippen molar-refractivity contribution in [3.63, 3.8) is 0 Å². The van der Waals surface area contributed by atoms with E-state index in [4.69, 9.17) is 5.73 Å². The standard InChI is InChI=1S/C13H20FN3OS/c14-10-1-2-13(12(15)7-10)19-9-11(18)8-17-5-3-16-4-6-17/h1-2,7,11,16,18H,3-6,8-9,15H2. The summed E-state index contributed by atoms with van der Waals surface area (Å²) in [5.74, 6) is 0.239. The maximum atomic E-state index is 12.9. The highest BCUT2D eigenvalue weighted by Gasteiger charge is 2.14. The Balaban J connectivity index is 1.77. The van der Waals surface area contributed by atoms with Gasteiger partial charge in [0, 0.05) is 49.1 Å². The lowest BCUT2D eigenvalue weighted by atomic mass is 10.3. The Morgan fingerprint density at radius 3 is 2.84 bits per heavy atom. The van der Waals surface area contributed by atoms with Crippen molar-refractivity contribution in [2.75, 3.05) is 44.2 Å². The lowest BCUT2D eigenvalue weighted by molar-refractivity contribution is 0.121. The number of hydrogen-bond donors (Lipinski definition) is 3. The molecule has 0 bridgehead atoms. The summed E-state index contributed by atoms with van der Waals surface area (Å²) in [6.45, 7) is 4.58. The van der Waals surface area contributed by atoms with Gasteiger partial charge < -0.3 is 16.2 Å². The number of halogens is 1. The monoisotopic (exact) mass is 285 g/mol. The van der Waals surface area contributed by atoms with Gasteiger partial charge in [0.15, 0.2) is 0 Å². The van der Waals surface area contributed by atoms with Crippen LogP contribution in [0.15, 0.2) is 23.1 Å². The summed E-state index contributed by atoms with van der Waals surface area (Å²) < 4.78 is 12.9. The summed E-state index contributed by atoms with van der Waals surface area (Å²) in [7, 11) is 0. The Hall–Kier alpha value is -0.820. The number of aliphatic hydroxyl groups excluding tert-OH is 1. The number of nitrogens with one attached hydrogen (secondary N) is 1. The van der Waals surface area contributed by atoms with Crippen molar-refractivity contribution in [3.05, 3.63) is 24.0 Å². The van der Waals surface area contributed by atoms with Crippen molar-refractivity contribution >= 4 is 17.4 Å². The fourth-order valence-corrected chi connectivity index (χ4v) is 2.95. The van der Waals surface area contributed by atoms with Gasteiger partial charge in [-0.25, -0.2) is 4.39 Å². The molecule has 0 aliphatic carbocycles. The molecule has 1 fully saturated rings. The molecule has 2 rings (SSSR count). The minimum absolute atomic E-state index is 0.330. The average molecular weight is 285 g/mol. The molecule has 1 atom stereocenters. The molecule has 106 valence electrons. The Morgan fingerprint density at radius 1 is 1.42 bits per heavy atom. The van der Waals surface area contributed by atoms with Gasteiger partial charge in [-0.05, 0) is 18.2 Å². The van der Waals surface area contributed by atoms with Gasteiger partial charge in [-0.2, -0.15) is 0 Å². The molecule has 0 saturated carbocycles. The molecule has 4 nitrogen and oxygen atoms in total. The predicted octanol–water partition coefficient (Wildman–Crippen LogP) is 0.766. The average Bonchev–Trinajstić information content (AvgIpc) is 2.39. The number of nitrogens with two attached hydrogens (primary N) is 1. The summed E-state index contributed by atoms with van der Waals surface area (Å²) in [5, 5.41) is 13.3. The number of benzene rings is 1. The van der Waals surface area contributed by atoms with Crippen LogP contribution in [-0.4, -0.2) is 54.6 Å². The third-order valence-electron chi connectivity index (χ3n) is 3.08. The zero-order chi connectivity index (χ0) is 13.7. The summed E-state index contributed by atoms with van der Waals surface area (Å²) in [6.07, 6.45) is -0.396. The van der Waals surface area contributed by atoms with Crippen molar-refractivity contribution < 1.29 is 9.50 Å². The van der Waals surface area contributed by atoms with Gasteiger partial charge in [-0.15, -0.1) is 11.8 Å². The van der Waals surface area contributed by atoms with E-state index < -0.39 is 6.10 Å². The van der Waals surface area contributed by atoms with Crippen molar-refractivity contribution in [3.8, 4) is 0 Å². The van der Waals surface area contributed by atoms with Gasteiger partial charge in [-0.3, -0.25) is 4.90 Å². The smallest absolute Gasteiger partial charge is 0.125 e. The van der Waals surface area contributed by atoms with Crippen molar-refractivity contribution in [1.82, 2.24) is 10.2 Å². The molecular formula is C13H20FN3OS. The van der Waals surface area contributed by atoms with Crippen LogP contribution in [0.25, 0.3) is 0 Å². The first-order valence-electron chi connectivity index (χ1n) is 6.44. The molecule has 1 aliphatic rings. The van der Waals surface area contributed by atoms with E-state index in [1.807, 2.05) is 0 Å². The molecular weight excluding hydrogens is 265 g/mol. The van der Waals surface area contributed by atoms with Crippen LogP contribution in [0.3, 0.4) is 0 Å². The molecule has 6 heteroatoms.